The number of para-hydroxylation sites is 1. The van der Waals surface area contributed by atoms with E-state index in [4.69, 9.17) is 9.72 Å². The number of benzene rings is 2. The quantitative estimate of drug-likeness (QED) is 0.422. The average Bonchev–Trinajstić information content (AvgIpc) is 3.23. The lowest BCUT2D eigenvalue weighted by Crippen LogP contribution is -2.34. The molecule has 2 N–H and O–H groups in total. The Hall–Kier alpha value is -3.65. The van der Waals surface area contributed by atoms with Gasteiger partial charge >= 0.3 is 0 Å². The summed E-state index contributed by atoms with van der Waals surface area (Å²) in [6.45, 7) is 0.347. The van der Waals surface area contributed by atoms with Crippen LogP contribution in [0, 0.1) is 0 Å². The molecule has 0 unspecified atom stereocenters. The van der Waals surface area contributed by atoms with Crippen LogP contribution in [0.25, 0.3) is 10.2 Å². The summed E-state index contributed by atoms with van der Waals surface area (Å²) >= 11 is 1.58. The Kier molecular flexibility index (Phi) is 5.83. The molecule has 0 saturated carbocycles. The highest BCUT2D eigenvalue weighted by atomic mass is 32.1. The number of aryl methyl sites for hydroxylation is 2. The van der Waals surface area contributed by atoms with Gasteiger partial charge in [0.05, 0.1) is 24.6 Å². The number of hydrogen-bond donors (Lipinski definition) is 2. The summed E-state index contributed by atoms with van der Waals surface area (Å²) in [5.74, 6) is 0.393. The topological polar surface area (TPSA) is 85.2 Å². The third-order valence-electron chi connectivity index (χ3n) is 5.90. The Labute approximate surface area is 195 Å². The van der Waals surface area contributed by atoms with Gasteiger partial charge in [0.2, 0.25) is 5.95 Å². The summed E-state index contributed by atoms with van der Waals surface area (Å²) in [6.07, 6.45) is 4.13. The number of ether oxygens (including phenoxy) is 1. The second-order valence-corrected chi connectivity index (χ2v) is 9.07. The maximum atomic E-state index is 13.7. The molecule has 0 atom stereocenters. The highest BCUT2D eigenvalue weighted by molar-refractivity contribution is 7.18. The van der Waals surface area contributed by atoms with Gasteiger partial charge in [0.25, 0.3) is 11.5 Å². The minimum absolute atomic E-state index is 0.0858. The van der Waals surface area contributed by atoms with Gasteiger partial charge < -0.3 is 4.74 Å². The third-order valence-corrected chi connectivity index (χ3v) is 7.08. The first-order valence-electron chi connectivity index (χ1n) is 10.9. The lowest BCUT2D eigenvalue weighted by Gasteiger charge is -2.16. The fourth-order valence-corrected chi connectivity index (χ4v) is 5.51. The number of carbonyl (C=O) groups is 1. The van der Waals surface area contributed by atoms with Crippen LogP contribution in [-0.4, -0.2) is 22.6 Å². The van der Waals surface area contributed by atoms with Gasteiger partial charge in [-0.15, -0.1) is 11.3 Å². The van der Waals surface area contributed by atoms with Gasteiger partial charge in [-0.1, -0.05) is 42.5 Å². The number of anilines is 1. The molecule has 0 fully saturated rings. The standard InChI is InChI=1S/C25H24N4O3S/c1-32-19-13-7-5-11-17(19)22(30)27-28-25-26-23-21(18-12-6-8-14-20(18)33-23)24(31)29(25)15-16-9-3-2-4-10-16/h2-5,7,9-11,13H,6,8,12,14-15H2,1H3,(H,26,28)(H,27,30). The van der Waals surface area contributed by atoms with Gasteiger partial charge in [0.15, 0.2) is 0 Å². The molecule has 0 radical (unpaired) electrons. The van der Waals surface area contributed by atoms with Crippen LogP contribution >= 0.6 is 11.3 Å². The molecule has 1 amide bonds. The molecule has 2 heterocycles. The lowest BCUT2D eigenvalue weighted by molar-refractivity contribution is 0.0959. The second-order valence-electron chi connectivity index (χ2n) is 7.98. The van der Waals surface area contributed by atoms with Crippen molar-refractivity contribution in [2.75, 3.05) is 12.5 Å². The Morgan fingerprint density at radius 3 is 2.67 bits per heavy atom. The number of carbonyl (C=O) groups excluding carboxylic acids is 1. The van der Waals surface area contributed by atoms with Crippen molar-refractivity contribution in [3.63, 3.8) is 0 Å². The number of aromatic nitrogens is 2. The number of thiophene rings is 1. The highest BCUT2D eigenvalue weighted by Gasteiger charge is 2.22. The Balaban J connectivity index is 1.54. The van der Waals surface area contributed by atoms with Crippen molar-refractivity contribution in [3.8, 4) is 5.75 Å². The molecule has 1 aliphatic carbocycles. The lowest BCUT2D eigenvalue weighted by atomic mass is 9.97. The van der Waals surface area contributed by atoms with Crippen molar-refractivity contribution < 1.29 is 9.53 Å². The predicted octanol–water partition coefficient (Wildman–Crippen LogP) is 4.15. The fraction of sp³-hybridized carbons (Fsp3) is 0.240. The Bertz CT molecular complexity index is 1380. The molecule has 8 heteroatoms. The van der Waals surface area contributed by atoms with Crippen molar-refractivity contribution in [2.45, 2.75) is 32.2 Å². The van der Waals surface area contributed by atoms with E-state index in [0.717, 1.165) is 36.8 Å². The van der Waals surface area contributed by atoms with Crippen LogP contribution in [0.1, 0.15) is 39.2 Å². The number of hydrazine groups is 1. The molecule has 33 heavy (non-hydrogen) atoms. The maximum Gasteiger partial charge on any atom is 0.273 e. The van der Waals surface area contributed by atoms with E-state index >= 15 is 0 Å². The van der Waals surface area contributed by atoms with Crippen LogP contribution < -0.4 is 21.1 Å². The van der Waals surface area contributed by atoms with E-state index in [0.29, 0.717) is 34.0 Å². The molecule has 7 nitrogen and oxygen atoms in total. The molecule has 5 rings (SSSR count). The minimum Gasteiger partial charge on any atom is -0.496 e. The number of fused-ring (bicyclic) bond motifs is 3. The number of nitrogens with zero attached hydrogens (tertiary/aromatic N) is 2. The molecule has 2 aromatic carbocycles. The van der Waals surface area contributed by atoms with Crippen molar-refractivity contribution in [1.29, 1.82) is 0 Å². The predicted molar refractivity (Wildman–Crippen MR) is 130 cm³/mol. The van der Waals surface area contributed by atoms with E-state index in [2.05, 4.69) is 10.9 Å². The first-order chi connectivity index (χ1) is 16.2. The normalized spacial score (nSPS) is 12.9. The summed E-state index contributed by atoms with van der Waals surface area (Å²) in [4.78, 5) is 33.2. The molecule has 0 aliphatic heterocycles. The molecular formula is C25H24N4O3S. The summed E-state index contributed by atoms with van der Waals surface area (Å²) in [5.41, 5.74) is 8.00. The largest absolute Gasteiger partial charge is 0.496 e. The Morgan fingerprint density at radius 2 is 1.85 bits per heavy atom. The van der Waals surface area contributed by atoms with E-state index < -0.39 is 0 Å². The Morgan fingerprint density at radius 1 is 1.09 bits per heavy atom. The highest BCUT2D eigenvalue weighted by Crippen LogP contribution is 2.34. The molecule has 168 valence electrons. The van der Waals surface area contributed by atoms with Crippen LogP contribution in [-0.2, 0) is 19.4 Å². The molecule has 2 aromatic heterocycles. The zero-order valence-electron chi connectivity index (χ0n) is 18.3. The number of amides is 1. The van der Waals surface area contributed by atoms with Crippen LogP contribution in [0.15, 0.2) is 59.4 Å². The van der Waals surface area contributed by atoms with E-state index in [1.54, 1.807) is 40.2 Å². The van der Waals surface area contributed by atoms with Crippen LogP contribution in [0.5, 0.6) is 5.75 Å². The van der Waals surface area contributed by atoms with Crippen molar-refractivity contribution >= 4 is 33.4 Å². The third kappa shape index (κ3) is 4.09. The van der Waals surface area contributed by atoms with Crippen molar-refractivity contribution in [3.05, 3.63) is 86.5 Å². The summed E-state index contributed by atoms with van der Waals surface area (Å²) in [7, 11) is 1.52. The SMILES string of the molecule is COc1ccccc1C(=O)NNc1nc2sc3c(c2c(=O)n1Cc1ccccc1)CCCC3. The first-order valence-corrected chi connectivity index (χ1v) is 11.8. The summed E-state index contributed by atoms with van der Waals surface area (Å²) in [5, 5.41) is 0.715. The molecule has 0 spiro atoms. The maximum absolute atomic E-state index is 13.7. The molecule has 1 aliphatic rings. The van der Waals surface area contributed by atoms with Crippen LogP contribution in [0.2, 0.25) is 0 Å². The summed E-state index contributed by atoms with van der Waals surface area (Å²) in [6, 6.07) is 16.7. The van der Waals surface area contributed by atoms with Gasteiger partial charge in [-0.2, -0.15) is 0 Å². The molecule has 0 bridgehead atoms. The number of methoxy groups -OCH3 is 1. The zero-order chi connectivity index (χ0) is 22.8. The van der Waals surface area contributed by atoms with Gasteiger partial charge in [-0.3, -0.25) is 25.0 Å². The summed E-state index contributed by atoms with van der Waals surface area (Å²) < 4.78 is 6.89. The minimum atomic E-state index is -0.376. The monoisotopic (exact) mass is 460 g/mol. The van der Waals surface area contributed by atoms with Gasteiger partial charge in [-0.05, 0) is 48.9 Å². The molecule has 4 aromatic rings. The number of rotatable bonds is 6. The first kappa shape index (κ1) is 21.2. The van der Waals surface area contributed by atoms with E-state index in [1.165, 1.54) is 12.0 Å². The van der Waals surface area contributed by atoms with E-state index in [9.17, 15) is 9.59 Å². The number of nitrogens with one attached hydrogen (secondary N) is 2. The van der Waals surface area contributed by atoms with E-state index in [-0.39, 0.29) is 11.5 Å². The smallest absolute Gasteiger partial charge is 0.273 e. The van der Waals surface area contributed by atoms with Crippen LogP contribution in [0.3, 0.4) is 0 Å². The van der Waals surface area contributed by atoms with Gasteiger partial charge in [0, 0.05) is 4.88 Å². The number of hydrogen-bond acceptors (Lipinski definition) is 6. The molecule has 0 saturated heterocycles. The van der Waals surface area contributed by atoms with Crippen molar-refractivity contribution in [1.82, 2.24) is 15.0 Å². The van der Waals surface area contributed by atoms with Crippen molar-refractivity contribution in [2.24, 2.45) is 0 Å². The fourth-order valence-electron chi connectivity index (χ4n) is 4.26. The molecular weight excluding hydrogens is 436 g/mol. The average molecular weight is 461 g/mol. The zero-order valence-corrected chi connectivity index (χ0v) is 19.1. The van der Waals surface area contributed by atoms with Gasteiger partial charge in [-0.25, -0.2) is 4.98 Å². The van der Waals surface area contributed by atoms with Crippen LogP contribution in [0.4, 0.5) is 5.95 Å². The van der Waals surface area contributed by atoms with Gasteiger partial charge in [0.1, 0.15) is 10.6 Å². The van der Waals surface area contributed by atoms with E-state index in [1.807, 2.05) is 30.3 Å². The second kappa shape index (κ2) is 9.07.